The van der Waals surface area contributed by atoms with Crippen molar-refractivity contribution in [1.82, 2.24) is 10.2 Å². The van der Waals surface area contributed by atoms with Crippen LogP contribution in [-0.2, 0) is 29.0 Å². The lowest BCUT2D eigenvalue weighted by molar-refractivity contribution is -0.141. The number of amides is 2. The summed E-state index contributed by atoms with van der Waals surface area (Å²) in [6.07, 6.45) is 0.936. The molecule has 0 spiro atoms. The minimum Gasteiger partial charge on any atom is -0.486 e. The van der Waals surface area contributed by atoms with Crippen molar-refractivity contribution in [1.29, 1.82) is 0 Å². The zero-order chi connectivity index (χ0) is 26.2. The zero-order valence-corrected chi connectivity index (χ0v) is 21.3. The van der Waals surface area contributed by atoms with Gasteiger partial charge in [-0.05, 0) is 49.6 Å². The number of carbonyl (C=O) groups excluding carboxylic acids is 2. The number of hydrogen-bond donors (Lipinski definition) is 1. The van der Waals surface area contributed by atoms with Gasteiger partial charge in [0, 0.05) is 31.0 Å². The topological polar surface area (TPSA) is 67.9 Å². The van der Waals surface area contributed by atoms with Crippen molar-refractivity contribution >= 4 is 11.8 Å². The van der Waals surface area contributed by atoms with E-state index in [9.17, 15) is 14.0 Å². The molecule has 7 heteroatoms. The molecule has 1 aliphatic heterocycles. The van der Waals surface area contributed by atoms with E-state index in [2.05, 4.69) is 5.32 Å². The van der Waals surface area contributed by atoms with E-state index >= 15 is 0 Å². The highest BCUT2D eigenvalue weighted by atomic mass is 19.1. The molecule has 0 saturated carbocycles. The molecule has 1 atom stereocenters. The Balaban J connectivity index is 1.60. The fourth-order valence-corrected chi connectivity index (χ4v) is 4.38. The summed E-state index contributed by atoms with van der Waals surface area (Å²) in [4.78, 5) is 28.6. The van der Waals surface area contributed by atoms with Gasteiger partial charge in [0.2, 0.25) is 11.8 Å². The summed E-state index contributed by atoms with van der Waals surface area (Å²) in [6.45, 7) is 4.75. The van der Waals surface area contributed by atoms with Crippen LogP contribution in [-0.4, -0.2) is 42.0 Å². The van der Waals surface area contributed by atoms with E-state index < -0.39 is 11.9 Å². The zero-order valence-electron chi connectivity index (χ0n) is 21.3. The van der Waals surface area contributed by atoms with Crippen LogP contribution in [0.25, 0.3) is 0 Å². The van der Waals surface area contributed by atoms with Crippen LogP contribution in [0.5, 0.6) is 11.5 Å². The summed E-state index contributed by atoms with van der Waals surface area (Å²) in [5.74, 6) is 0.462. The molecule has 4 rings (SSSR count). The van der Waals surface area contributed by atoms with Gasteiger partial charge in [0.05, 0.1) is 0 Å². The molecule has 0 saturated heterocycles. The Morgan fingerprint density at radius 2 is 1.62 bits per heavy atom. The van der Waals surface area contributed by atoms with Gasteiger partial charge in [0.15, 0.2) is 11.5 Å². The van der Waals surface area contributed by atoms with Crippen LogP contribution in [0.1, 0.15) is 37.0 Å². The molecule has 6 nitrogen and oxygen atoms in total. The Bertz CT molecular complexity index is 1220. The lowest BCUT2D eigenvalue weighted by Gasteiger charge is -2.32. The van der Waals surface area contributed by atoms with Crippen LogP contribution < -0.4 is 14.8 Å². The van der Waals surface area contributed by atoms with Crippen molar-refractivity contribution in [3.8, 4) is 11.5 Å². The quantitative estimate of drug-likeness (QED) is 0.435. The minimum atomic E-state index is -0.794. The number of aryl methyl sites for hydroxylation is 1. The van der Waals surface area contributed by atoms with Gasteiger partial charge in [0.1, 0.15) is 25.1 Å². The van der Waals surface area contributed by atoms with E-state index in [1.807, 2.05) is 62.4 Å². The normalized spacial score (nSPS) is 13.2. The average Bonchev–Trinajstić information content (AvgIpc) is 2.90. The van der Waals surface area contributed by atoms with Crippen LogP contribution in [0.4, 0.5) is 4.39 Å². The van der Waals surface area contributed by atoms with Gasteiger partial charge in [-0.2, -0.15) is 0 Å². The number of hydrogen-bond acceptors (Lipinski definition) is 4. The van der Waals surface area contributed by atoms with Crippen molar-refractivity contribution in [2.24, 2.45) is 0 Å². The smallest absolute Gasteiger partial charge is 0.243 e. The predicted octanol–water partition coefficient (Wildman–Crippen LogP) is 4.69. The third-order valence-electron chi connectivity index (χ3n) is 6.23. The first-order valence-corrected chi connectivity index (χ1v) is 12.7. The monoisotopic (exact) mass is 504 g/mol. The van der Waals surface area contributed by atoms with E-state index in [4.69, 9.17) is 9.47 Å². The van der Waals surface area contributed by atoms with Gasteiger partial charge >= 0.3 is 0 Å². The molecule has 0 aliphatic carbocycles. The Morgan fingerprint density at radius 3 is 2.35 bits per heavy atom. The maximum atomic E-state index is 14.7. The first kappa shape index (κ1) is 26.2. The Hall–Kier alpha value is -3.87. The number of nitrogens with one attached hydrogen (secondary N) is 1. The summed E-state index contributed by atoms with van der Waals surface area (Å²) < 4.78 is 25.9. The molecule has 3 aromatic rings. The molecule has 0 unspecified atom stereocenters. The van der Waals surface area contributed by atoms with Gasteiger partial charge in [0.25, 0.3) is 0 Å². The van der Waals surface area contributed by atoms with E-state index in [-0.39, 0.29) is 30.8 Å². The Kier molecular flexibility index (Phi) is 8.77. The highest BCUT2D eigenvalue weighted by molar-refractivity contribution is 5.88. The van der Waals surface area contributed by atoms with Crippen LogP contribution >= 0.6 is 0 Å². The molecule has 1 N–H and O–H groups in total. The Morgan fingerprint density at radius 1 is 0.919 bits per heavy atom. The molecule has 1 heterocycles. The third-order valence-corrected chi connectivity index (χ3v) is 6.23. The maximum absolute atomic E-state index is 14.7. The van der Waals surface area contributed by atoms with Crippen molar-refractivity contribution in [2.75, 3.05) is 13.2 Å². The molecule has 194 valence electrons. The molecule has 2 amide bonds. The summed E-state index contributed by atoms with van der Waals surface area (Å²) in [7, 11) is 0. The second-order valence-corrected chi connectivity index (χ2v) is 9.46. The van der Waals surface area contributed by atoms with E-state index in [1.54, 1.807) is 18.2 Å². The number of halogens is 1. The van der Waals surface area contributed by atoms with E-state index in [1.165, 1.54) is 11.0 Å². The van der Waals surface area contributed by atoms with Crippen LogP contribution in [0.3, 0.4) is 0 Å². The summed E-state index contributed by atoms with van der Waals surface area (Å²) in [5.41, 5.74) is 2.21. The molecule has 0 bridgehead atoms. The number of rotatable bonds is 10. The van der Waals surface area contributed by atoms with E-state index in [0.29, 0.717) is 43.1 Å². The number of nitrogens with zero attached hydrogens (tertiary/aromatic N) is 1. The number of carbonyl (C=O) groups is 2. The predicted molar refractivity (Wildman–Crippen MR) is 140 cm³/mol. The molecule has 0 aromatic heterocycles. The van der Waals surface area contributed by atoms with E-state index in [0.717, 1.165) is 11.1 Å². The summed E-state index contributed by atoms with van der Waals surface area (Å²) >= 11 is 0. The van der Waals surface area contributed by atoms with Gasteiger partial charge in [-0.15, -0.1) is 0 Å². The number of ether oxygens (including phenoxy) is 2. The third kappa shape index (κ3) is 7.09. The molecular weight excluding hydrogens is 471 g/mol. The van der Waals surface area contributed by atoms with Crippen LogP contribution in [0.2, 0.25) is 0 Å². The number of benzene rings is 3. The summed E-state index contributed by atoms with van der Waals surface area (Å²) in [6, 6.07) is 20.7. The van der Waals surface area contributed by atoms with Crippen molar-refractivity contribution in [2.45, 2.75) is 51.7 Å². The van der Waals surface area contributed by atoms with Crippen molar-refractivity contribution < 1.29 is 23.5 Å². The first-order valence-electron chi connectivity index (χ1n) is 12.7. The van der Waals surface area contributed by atoms with Gasteiger partial charge in [-0.25, -0.2) is 4.39 Å². The molecule has 3 aromatic carbocycles. The van der Waals surface area contributed by atoms with Crippen LogP contribution in [0, 0.1) is 5.82 Å². The molecule has 0 fully saturated rings. The highest BCUT2D eigenvalue weighted by Crippen LogP contribution is 2.31. The fraction of sp³-hybridized carbons (Fsp3) is 0.333. The molecule has 1 aliphatic rings. The van der Waals surface area contributed by atoms with Gasteiger partial charge in [-0.3, -0.25) is 9.59 Å². The molecular formula is C30H33FN2O4. The SMILES string of the molecule is CC(C)NC(=O)[C@@H](Cc1ccccc1)N(Cc1ccccc1F)C(=O)CCc1ccc2c(c1)OCCO2. The first-order chi connectivity index (χ1) is 17.9. The minimum absolute atomic E-state index is 0.00430. The van der Waals surface area contributed by atoms with Gasteiger partial charge in [-0.1, -0.05) is 54.6 Å². The molecule has 0 radical (unpaired) electrons. The largest absolute Gasteiger partial charge is 0.486 e. The lowest BCUT2D eigenvalue weighted by atomic mass is 10.0. The fourth-order valence-electron chi connectivity index (χ4n) is 4.38. The second kappa shape index (κ2) is 12.4. The second-order valence-electron chi connectivity index (χ2n) is 9.46. The molecule has 37 heavy (non-hydrogen) atoms. The average molecular weight is 505 g/mol. The standard InChI is InChI=1S/C30H33FN2O4/c1-21(2)32-30(35)26(18-22-8-4-3-5-9-22)33(20-24-10-6-7-11-25(24)31)29(34)15-13-23-12-14-27-28(19-23)37-17-16-36-27/h3-12,14,19,21,26H,13,15-18,20H2,1-2H3,(H,32,35)/t26-/m1/s1. The highest BCUT2D eigenvalue weighted by Gasteiger charge is 2.31. The van der Waals surface area contributed by atoms with Crippen molar-refractivity contribution in [3.63, 3.8) is 0 Å². The van der Waals surface area contributed by atoms with Crippen molar-refractivity contribution in [3.05, 3.63) is 95.3 Å². The Labute approximate surface area is 217 Å². The lowest BCUT2D eigenvalue weighted by Crippen LogP contribution is -2.52. The maximum Gasteiger partial charge on any atom is 0.243 e. The number of fused-ring (bicyclic) bond motifs is 1. The van der Waals surface area contributed by atoms with Gasteiger partial charge < -0.3 is 19.7 Å². The summed E-state index contributed by atoms with van der Waals surface area (Å²) in [5, 5.41) is 2.95. The van der Waals surface area contributed by atoms with Crippen LogP contribution in [0.15, 0.2) is 72.8 Å².